The van der Waals surface area contributed by atoms with Gasteiger partial charge in [0.05, 0.1) is 5.69 Å². The van der Waals surface area contributed by atoms with E-state index in [9.17, 15) is 4.79 Å². The van der Waals surface area contributed by atoms with Crippen LogP contribution < -0.4 is 5.73 Å². The number of likely N-dealkylation sites (tertiary alicyclic amines) is 1. The maximum Gasteiger partial charge on any atom is 0.266 e. The number of amides is 1. The van der Waals surface area contributed by atoms with Gasteiger partial charge in [-0.15, -0.1) is 11.3 Å². The summed E-state index contributed by atoms with van der Waals surface area (Å²) in [6, 6.07) is 3.99. The van der Waals surface area contributed by atoms with Crippen LogP contribution in [0.15, 0.2) is 12.1 Å². The van der Waals surface area contributed by atoms with E-state index < -0.39 is 0 Å². The van der Waals surface area contributed by atoms with Crippen LogP contribution in [0.3, 0.4) is 0 Å². The van der Waals surface area contributed by atoms with Gasteiger partial charge in [-0.2, -0.15) is 0 Å². The van der Waals surface area contributed by atoms with Crippen LogP contribution in [-0.4, -0.2) is 28.9 Å². The molecule has 0 unspecified atom stereocenters. The van der Waals surface area contributed by atoms with Crippen molar-refractivity contribution in [1.82, 2.24) is 9.88 Å². The van der Waals surface area contributed by atoms with Crippen LogP contribution in [0.1, 0.15) is 48.0 Å². The van der Waals surface area contributed by atoms with Crippen molar-refractivity contribution >= 4 is 33.1 Å². The predicted molar refractivity (Wildman–Crippen MR) is 83.3 cm³/mol. The molecule has 2 aromatic heterocycles. The maximum atomic E-state index is 12.5. The van der Waals surface area contributed by atoms with E-state index in [0.717, 1.165) is 41.8 Å². The van der Waals surface area contributed by atoms with E-state index >= 15 is 0 Å². The summed E-state index contributed by atoms with van der Waals surface area (Å²) in [7, 11) is 0. The molecule has 1 amide bonds. The molecule has 20 heavy (non-hydrogen) atoms. The molecule has 0 radical (unpaired) electrons. The number of hydrogen-bond acceptors (Lipinski definition) is 4. The standard InChI is InChI=1S/C15H19N3OS/c1-9(2)11-6-5-10-12(16)13(20-14(10)17-11)15(19)18-7-3-4-8-18/h5-6,9H,3-4,7-8,16H2,1-2H3. The SMILES string of the molecule is CC(C)c1ccc2c(N)c(C(=O)N3CCCC3)sc2n1. The summed E-state index contributed by atoms with van der Waals surface area (Å²) >= 11 is 1.42. The molecule has 5 heteroatoms. The second-order valence-corrected chi connectivity index (χ2v) is 6.59. The molecule has 1 aliphatic rings. The zero-order valence-electron chi connectivity index (χ0n) is 11.8. The second-order valence-electron chi connectivity index (χ2n) is 5.59. The van der Waals surface area contributed by atoms with Crippen molar-refractivity contribution in [2.24, 2.45) is 0 Å². The number of anilines is 1. The predicted octanol–water partition coefficient (Wildman–Crippen LogP) is 3.24. The summed E-state index contributed by atoms with van der Waals surface area (Å²) in [5.41, 5.74) is 7.78. The lowest BCUT2D eigenvalue weighted by atomic mass is 10.1. The summed E-state index contributed by atoms with van der Waals surface area (Å²) < 4.78 is 0. The molecule has 0 bridgehead atoms. The minimum absolute atomic E-state index is 0.0640. The number of hydrogen-bond donors (Lipinski definition) is 1. The van der Waals surface area contributed by atoms with Gasteiger partial charge in [0.1, 0.15) is 9.71 Å². The molecular weight excluding hydrogens is 270 g/mol. The van der Waals surface area contributed by atoms with Crippen LogP contribution in [0.25, 0.3) is 10.2 Å². The highest BCUT2D eigenvalue weighted by Gasteiger charge is 2.24. The molecule has 1 saturated heterocycles. The lowest BCUT2D eigenvalue weighted by Gasteiger charge is -2.13. The molecule has 4 nitrogen and oxygen atoms in total. The van der Waals surface area contributed by atoms with Gasteiger partial charge in [-0.25, -0.2) is 4.98 Å². The molecule has 2 N–H and O–H groups in total. The number of thiophene rings is 1. The zero-order chi connectivity index (χ0) is 14.3. The summed E-state index contributed by atoms with van der Waals surface area (Å²) in [4.78, 5) is 20.5. The van der Waals surface area contributed by atoms with E-state index in [1.54, 1.807) is 0 Å². The largest absolute Gasteiger partial charge is 0.397 e. The fourth-order valence-electron chi connectivity index (χ4n) is 2.56. The first-order valence-electron chi connectivity index (χ1n) is 7.06. The highest BCUT2D eigenvalue weighted by Crippen LogP contribution is 2.34. The highest BCUT2D eigenvalue weighted by molar-refractivity contribution is 7.21. The zero-order valence-corrected chi connectivity index (χ0v) is 12.7. The highest BCUT2D eigenvalue weighted by atomic mass is 32.1. The van der Waals surface area contributed by atoms with Gasteiger partial charge in [0.25, 0.3) is 5.91 Å². The van der Waals surface area contributed by atoms with E-state index in [2.05, 4.69) is 18.8 Å². The van der Waals surface area contributed by atoms with Gasteiger partial charge in [0, 0.05) is 24.2 Å². The van der Waals surface area contributed by atoms with Crippen molar-refractivity contribution in [1.29, 1.82) is 0 Å². The molecule has 106 valence electrons. The van der Waals surface area contributed by atoms with Crippen molar-refractivity contribution in [3.05, 3.63) is 22.7 Å². The molecule has 1 aliphatic heterocycles. The van der Waals surface area contributed by atoms with Crippen molar-refractivity contribution < 1.29 is 4.79 Å². The van der Waals surface area contributed by atoms with E-state index in [1.165, 1.54) is 11.3 Å². The van der Waals surface area contributed by atoms with Crippen molar-refractivity contribution in [3.8, 4) is 0 Å². The average molecular weight is 289 g/mol. The summed E-state index contributed by atoms with van der Waals surface area (Å²) in [5, 5.41) is 0.905. The maximum absolute atomic E-state index is 12.5. The summed E-state index contributed by atoms with van der Waals surface area (Å²) in [6.45, 7) is 5.91. The van der Waals surface area contributed by atoms with Crippen LogP contribution in [-0.2, 0) is 0 Å². The Kier molecular flexibility index (Phi) is 3.38. The molecule has 1 fully saturated rings. The number of carbonyl (C=O) groups excluding carboxylic acids is 1. The first-order valence-corrected chi connectivity index (χ1v) is 7.87. The van der Waals surface area contributed by atoms with Crippen LogP contribution in [0.5, 0.6) is 0 Å². The van der Waals surface area contributed by atoms with Crippen LogP contribution in [0, 0.1) is 0 Å². The average Bonchev–Trinajstić information content (AvgIpc) is 3.06. The third-order valence-electron chi connectivity index (χ3n) is 3.79. The number of nitrogens with zero attached hydrogens (tertiary/aromatic N) is 2. The van der Waals surface area contributed by atoms with E-state index in [4.69, 9.17) is 5.73 Å². The monoisotopic (exact) mass is 289 g/mol. The van der Waals surface area contributed by atoms with Gasteiger partial charge in [0.2, 0.25) is 0 Å². The Morgan fingerprint density at radius 3 is 2.70 bits per heavy atom. The fourth-order valence-corrected chi connectivity index (χ4v) is 3.62. The van der Waals surface area contributed by atoms with Gasteiger partial charge in [0.15, 0.2) is 0 Å². The number of rotatable bonds is 2. The Bertz CT molecular complexity index is 656. The van der Waals surface area contributed by atoms with E-state index in [1.807, 2.05) is 17.0 Å². The number of carbonyl (C=O) groups is 1. The Morgan fingerprint density at radius 1 is 1.35 bits per heavy atom. The summed E-state index contributed by atoms with van der Waals surface area (Å²) in [6.07, 6.45) is 2.18. The molecule has 2 aromatic rings. The minimum Gasteiger partial charge on any atom is -0.397 e. The van der Waals surface area contributed by atoms with Crippen LogP contribution in [0.4, 0.5) is 5.69 Å². The molecule has 0 aromatic carbocycles. The molecule has 0 atom stereocenters. The van der Waals surface area contributed by atoms with Gasteiger partial charge in [-0.05, 0) is 30.9 Å². The number of nitrogens with two attached hydrogens (primary N) is 1. The number of fused-ring (bicyclic) bond motifs is 1. The Morgan fingerprint density at radius 2 is 2.05 bits per heavy atom. The van der Waals surface area contributed by atoms with Gasteiger partial charge < -0.3 is 10.6 Å². The fraction of sp³-hybridized carbons (Fsp3) is 0.467. The molecule has 0 spiro atoms. The second kappa shape index (κ2) is 5.05. The van der Waals surface area contributed by atoms with Gasteiger partial charge >= 0.3 is 0 Å². The lowest BCUT2D eigenvalue weighted by molar-refractivity contribution is 0.0798. The number of pyridine rings is 1. The third-order valence-corrected chi connectivity index (χ3v) is 4.90. The molecular formula is C15H19N3OS. The van der Waals surface area contributed by atoms with Crippen molar-refractivity contribution in [3.63, 3.8) is 0 Å². The molecule has 0 saturated carbocycles. The van der Waals surface area contributed by atoms with E-state index in [0.29, 0.717) is 16.5 Å². The molecule has 3 heterocycles. The molecule has 3 rings (SSSR count). The number of nitrogen functional groups attached to an aromatic ring is 1. The van der Waals surface area contributed by atoms with Crippen LogP contribution in [0.2, 0.25) is 0 Å². The van der Waals surface area contributed by atoms with Gasteiger partial charge in [-0.3, -0.25) is 4.79 Å². The topological polar surface area (TPSA) is 59.2 Å². The lowest BCUT2D eigenvalue weighted by Crippen LogP contribution is -2.27. The quantitative estimate of drug-likeness (QED) is 0.923. The van der Waals surface area contributed by atoms with Crippen LogP contribution >= 0.6 is 11.3 Å². The summed E-state index contributed by atoms with van der Waals surface area (Å²) in [5.74, 6) is 0.439. The van der Waals surface area contributed by atoms with Crippen molar-refractivity contribution in [2.45, 2.75) is 32.6 Å². The third kappa shape index (κ3) is 2.16. The Balaban J connectivity index is 2.03. The Labute approximate surface area is 122 Å². The van der Waals surface area contributed by atoms with Gasteiger partial charge in [-0.1, -0.05) is 13.8 Å². The first-order chi connectivity index (χ1) is 9.58. The minimum atomic E-state index is 0.0640. The Hall–Kier alpha value is -1.62. The number of aromatic nitrogens is 1. The van der Waals surface area contributed by atoms with E-state index in [-0.39, 0.29) is 5.91 Å². The smallest absolute Gasteiger partial charge is 0.266 e. The van der Waals surface area contributed by atoms with Crippen molar-refractivity contribution in [2.75, 3.05) is 18.8 Å². The first kappa shape index (κ1) is 13.4. The molecule has 0 aliphatic carbocycles. The normalized spacial score (nSPS) is 15.4.